The van der Waals surface area contributed by atoms with E-state index in [-0.39, 0.29) is 17.7 Å². The Balaban J connectivity index is 2.00. The zero-order valence-corrected chi connectivity index (χ0v) is 16.9. The fraction of sp³-hybridized carbons (Fsp3) is 0.650. The molecule has 3 rings (SSSR count). The predicted molar refractivity (Wildman–Crippen MR) is 108 cm³/mol. The number of sulfone groups is 1. The molecule has 1 saturated heterocycles. The number of nitrogens with zero attached hydrogens (tertiary/aromatic N) is 1. The summed E-state index contributed by atoms with van der Waals surface area (Å²) in [6.45, 7) is 2.19. The molecule has 27 heavy (non-hydrogen) atoms. The molecule has 2 aliphatic heterocycles. The molecule has 0 radical (unpaired) electrons. The summed E-state index contributed by atoms with van der Waals surface area (Å²) in [4.78, 5) is 14.3. The topological polar surface area (TPSA) is 92.5 Å². The molecule has 1 fully saturated rings. The first-order chi connectivity index (χ1) is 12.9. The van der Waals surface area contributed by atoms with Crippen LogP contribution in [0, 0.1) is 5.92 Å². The molecule has 1 amide bonds. The number of carbonyl (C=O) groups is 1. The van der Waals surface area contributed by atoms with Gasteiger partial charge in [0, 0.05) is 24.4 Å². The number of piperidine rings is 1. The first-order valence-corrected chi connectivity index (χ1v) is 12.0. The molecule has 3 aliphatic rings. The van der Waals surface area contributed by atoms with Crippen molar-refractivity contribution in [1.29, 1.82) is 0 Å². The maximum atomic E-state index is 12.2. The molecule has 6 nitrogen and oxygen atoms in total. The summed E-state index contributed by atoms with van der Waals surface area (Å²) in [5, 5.41) is 3.36. The standard InChI is InChI=1S/C20H31N3O3S/c1-27(25,26)14-13-23-18(15-5-3-2-4-6-15)8-7-17(20(21)24)19(23)16-9-11-22-12-10-16/h5,7-8,16,18,22H,2-4,6,9-14H2,1H3,(H2,21,24). The van der Waals surface area contributed by atoms with E-state index in [2.05, 4.69) is 16.3 Å². The van der Waals surface area contributed by atoms with Gasteiger partial charge in [0.25, 0.3) is 0 Å². The number of allylic oxidation sites excluding steroid dienone is 2. The van der Waals surface area contributed by atoms with Gasteiger partial charge in [0.05, 0.1) is 17.4 Å². The summed E-state index contributed by atoms with van der Waals surface area (Å²) in [6, 6.07) is 0.0278. The molecule has 0 bridgehead atoms. The van der Waals surface area contributed by atoms with Crippen LogP contribution in [0.15, 0.2) is 35.1 Å². The van der Waals surface area contributed by atoms with Gasteiger partial charge in [-0.15, -0.1) is 0 Å². The third kappa shape index (κ3) is 5.02. The van der Waals surface area contributed by atoms with Crippen LogP contribution >= 0.6 is 0 Å². The van der Waals surface area contributed by atoms with E-state index in [0.29, 0.717) is 12.1 Å². The zero-order chi connectivity index (χ0) is 19.4. The zero-order valence-electron chi connectivity index (χ0n) is 16.1. The van der Waals surface area contributed by atoms with Crippen molar-refractivity contribution in [3.05, 3.63) is 35.1 Å². The molecule has 1 atom stereocenters. The molecule has 3 N–H and O–H groups in total. The van der Waals surface area contributed by atoms with Crippen LogP contribution in [-0.4, -0.2) is 56.9 Å². The number of primary amides is 1. The van der Waals surface area contributed by atoms with E-state index in [1.807, 2.05) is 12.2 Å². The Hall–Kier alpha value is -1.60. The molecule has 2 heterocycles. The Morgan fingerprint density at radius 1 is 1.30 bits per heavy atom. The Kier molecular flexibility index (Phi) is 6.42. The first kappa shape index (κ1) is 20.1. The summed E-state index contributed by atoms with van der Waals surface area (Å²) < 4.78 is 23.8. The number of amides is 1. The van der Waals surface area contributed by atoms with Crippen LogP contribution in [0.25, 0.3) is 0 Å². The molecule has 0 spiro atoms. The van der Waals surface area contributed by atoms with Crippen molar-refractivity contribution in [2.75, 3.05) is 31.6 Å². The van der Waals surface area contributed by atoms with E-state index in [1.165, 1.54) is 18.2 Å². The average Bonchev–Trinajstić information content (AvgIpc) is 2.66. The van der Waals surface area contributed by atoms with Crippen molar-refractivity contribution in [3.63, 3.8) is 0 Å². The molecule has 0 aromatic rings. The lowest BCUT2D eigenvalue weighted by molar-refractivity contribution is -0.114. The number of carbonyl (C=O) groups excluding carboxylic acids is 1. The SMILES string of the molecule is CS(=O)(=O)CCN1C(C2CCNCC2)=C(C(N)=O)C=CC1C1=CCCCC1. The maximum absolute atomic E-state index is 12.2. The Labute approximate surface area is 162 Å². The van der Waals surface area contributed by atoms with E-state index in [0.717, 1.165) is 50.9 Å². The van der Waals surface area contributed by atoms with Crippen molar-refractivity contribution >= 4 is 15.7 Å². The van der Waals surface area contributed by atoms with Crippen LogP contribution < -0.4 is 11.1 Å². The molecular weight excluding hydrogens is 362 g/mol. The summed E-state index contributed by atoms with van der Waals surface area (Å²) >= 11 is 0. The van der Waals surface area contributed by atoms with Gasteiger partial charge in [-0.25, -0.2) is 8.42 Å². The number of nitrogens with two attached hydrogens (primary N) is 1. The summed E-state index contributed by atoms with van der Waals surface area (Å²) in [5.41, 5.74) is 8.54. The smallest absolute Gasteiger partial charge is 0.250 e. The van der Waals surface area contributed by atoms with Crippen LogP contribution in [0.2, 0.25) is 0 Å². The van der Waals surface area contributed by atoms with Crippen LogP contribution in [0.3, 0.4) is 0 Å². The van der Waals surface area contributed by atoms with E-state index in [9.17, 15) is 13.2 Å². The highest BCUT2D eigenvalue weighted by Crippen LogP contribution is 2.36. The Bertz CT molecular complexity index is 761. The maximum Gasteiger partial charge on any atom is 0.250 e. The minimum atomic E-state index is -3.11. The van der Waals surface area contributed by atoms with Crippen molar-refractivity contribution in [1.82, 2.24) is 10.2 Å². The normalized spacial score (nSPS) is 24.9. The van der Waals surface area contributed by atoms with Gasteiger partial charge in [-0.1, -0.05) is 12.2 Å². The lowest BCUT2D eigenvalue weighted by atomic mass is 9.84. The Morgan fingerprint density at radius 3 is 2.63 bits per heavy atom. The second kappa shape index (κ2) is 8.61. The second-order valence-electron chi connectivity index (χ2n) is 7.84. The third-order valence-corrected chi connectivity index (χ3v) is 6.69. The van der Waals surface area contributed by atoms with Crippen LogP contribution in [-0.2, 0) is 14.6 Å². The van der Waals surface area contributed by atoms with E-state index >= 15 is 0 Å². The van der Waals surface area contributed by atoms with E-state index < -0.39 is 15.7 Å². The highest BCUT2D eigenvalue weighted by molar-refractivity contribution is 7.90. The van der Waals surface area contributed by atoms with Crippen LogP contribution in [0.5, 0.6) is 0 Å². The Morgan fingerprint density at radius 2 is 2.04 bits per heavy atom. The van der Waals surface area contributed by atoms with Crippen LogP contribution in [0.4, 0.5) is 0 Å². The lowest BCUT2D eigenvalue weighted by Crippen LogP contribution is -2.45. The molecule has 0 aromatic heterocycles. The van der Waals surface area contributed by atoms with Gasteiger partial charge in [-0.05, 0) is 63.3 Å². The van der Waals surface area contributed by atoms with Crippen LogP contribution in [0.1, 0.15) is 38.5 Å². The fourth-order valence-electron chi connectivity index (χ4n) is 4.42. The summed E-state index contributed by atoms with van der Waals surface area (Å²) in [7, 11) is -3.11. The van der Waals surface area contributed by atoms with Crippen molar-refractivity contribution in [3.8, 4) is 0 Å². The third-order valence-electron chi connectivity index (χ3n) is 5.77. The fourth-order valence-corrected chi connectivity index (χ4v) is 4.95. The molecular formula is C20H31N3O3S. The second-order valence-corrected chi connectivity index (χ2v) is 10.1. The first-order valence-electron chi connectivity index (χ1n) is 9.93. The van der Waals surface area contributed by atoms with E-state index in [4.69, 9.17) is 5.73 Å². The quantitative estimate of drug-likeness (QED) is 0.668. The van der Waals surface area contributed by atoms with Gasteiger partial charge in [0.15, 0.2) is 0 Å². The molecule has 7 heteroatoms. The average molecular weight is 394 g/mol. The molecule has 150 valence electrons. The number of rotatable bonds is 6. The minimum Gasteiger partial charge on any atom is -0.366 e. The van der Waals surface area contributed by atoms with Crippen molar-refractivity contribution in [2.45, 2.75) is 44.6 Å². The number of nitrogens with one attached hydrogen (secondary N) is 1. The van der Waals surface area contributed by atoms with E-state index in [1.54, 1.807) is 0 Å². The molecule has 0 saturated carbocycles. The summed E-state index contributed by atoms with van der Waals surface area (Å²) in [5.74, 6) is -0.129. The predicted octanol–water partition coefficient (Wildman–Crippen LogP) is 1.51. The molecule has 1 aliphatic carbocycles. The van der Waals surface area contributed by atoms with Gasteiger partial charge in [-0.2, -0.15) is 0 Å². The largest absolute Gasteiger partial charge is 0.366 e. The monoisotopic (exact) mass is 393 g/mol. The van der Waals surface area contributed by atoms with Gasteiger partial charge >= 0.3 is 0 Å². The molecule has 0 aromatic carbocycles. The van der Waals surface area contributed by atoms with Gasteiger partial charge < -0.3 is 16.0 Å². The highest BCUT2D eigenvalue weighted by Gasteiger charge is 2.34. The number of hydrogen-bond donors (Lipinski definition) is 2. The van der Waals surface area contributed by atoms with Crippen molar-refractivity contribution < 1.29 is 13.2 Å². The highest BCUT2D eigenvalue weighted by atomic mass is 32.2. The van der Waals surface area contributed by atoms with Gasteiger partial charge in [-0.3, -0.25) is 4.79 Å². The number of hydrogen-bond acceptors (Lipinski definition) is 5. The lowest BCUT2D eigenvalue weighted by Gasteiger charge is -2.43. The van der Waals surface area contributed by atoms with Gasteiger partial charge in [0.2, 0.25) is 5.91 Å². The minimum absolute atomic E-state index is 0.0278. The van der Waals surface area contributed by atoms with Gasteiger partial charge in [0.1, 0.15) is 9.84 Å². The summed E-state index contributed by atoms with van der Waals surface area (Å²) in [6.07, 6.45) is 13.8. The van der Waals surface area contributed by atoms with Crippen molar-refractivity contribution in [2.24, 2.45) is 11.7 Å². The molecule has 1 unspecified atom stereocenters.